The average Bonchev–Trinajstić information content (AvgIpc) is 2.88. The number of nitrogens with zero attached hydrogens (tertiary/aromatic N) is 3. The van der Waals surface area contributed by atoms with Gasteiger partial charge in [0.2, 0.25) is 0 Å². The third-order valence-corrected chi connectivity index (χ3v) is 4.20. The van der Waals surface area contributed by atoms with E-state index in [4.69, 9.17) is 0 Å². The number of rotatable bonds is 3. The zero-order valence-corrected chi connectivity index (χ0v) is 12.7. The van der Waals surface area contributed by atoms with Gasteiger partial charge in [-0.25, -0.2) is 4.98 Å². The molecule has 4 nitrogen and oxygen atoms in total. The summed E-state index contributed by atoms with van der Waals surface area (Å²) >= 11 is 0. The summed E-state index contributed by atoms with van der Waals surface area (Å²) in [6.07, 6.45) is 5.34. The summed E-state index contributed by atoms with van der Waals surface area (Å²) in [6.45, 7) is 6.15. The number of benzene rings is 1. The Balaban J connectivity index is 1.91. The zero-order valence-electron chi connectivity index (χ0n) is 12.7. The van der Waals surface area contributed by atoms with Crippen LogP contribution >= 0.6 is 0 Å². The predicted octanol–water partition coefficient (Wildman–Crippen LogP) is 3.30. The molecule has 0 radical (unpaired) electrons. The van der Waals surface area contributed by atoms with Gasteiger partial charge in [-0.3, -0.25) is 0 Å². The molecular weight excluding hydrogens is 262 g/mol. The van der Waals surface area contributed by atoms with Crippen molar-refractivity contribution in [2.24, 2.45) is 0 Å². The third kappa shape index (κ3) is 2.81. The first-order valence-corrected chi connectivity index (χ1v) is 7.69. The second kappa shape index (κ2) is 5.90. The molecule has 1 aromatic carbocycles. The van der Waals surface area contributed by atoms with Gasteiger partial charge in [0, 0.05) is 30.0 Å². The highest BCUT2D eigenvalue weighted by atomic mass is 16.3. The molecule has 0 amide bonds. The Labute approximate surface area is 126 Å². The number of aliphatic hydroxyl groups is 1. The van der Waals surface area contributed by atoms with Crippen molar-refractivity contribution < 1.29 is 5.11 Å². The van der Waals surface area contributed by atoms with Gasteiger partial charge in [-0.2, -0.15) is 0 Å². The van der Waals surface area contributed by atoms with E-state index >= 15 is 0 Å². The highest BCUT2D eigenvalue weighted by Gasteiger charge is 2.21. The monoisotopic (exact) mass is 285 g/mol. The quantitative estimate of drug-likeness (QED) is 0.940. The number of para-hydroxylation sites is 1. The molecule has 4 heteroatoms. The molecule has 0 saturated carbocycles. The smallest absolute Gasteiger partial charge is 0.0951 e. The van der Waals surface area contributed by atoms with Gasteiger partial charge in [0.15, 0.2) is 0 Å². The van der Waals surface area contributed by atoms with Gasteiger partial charge in [0.25, 0.3) is 0 Å². The molecule has 1 unspecified atom stereocenters. The highest BCUT2D eigenvalue weighted by molar-refractivity contribution is 5.55. The lowest BCUT2D eigenvalue weighted by molar-refractivity contribution is 0.168. The molecule has 2 aromatic rings. The van der Waals surface area contributed by atoms with Crippen LogP contribution in [0.2, 0.25) is 0 Å². The molecule has 0 aliphatic carbocycles. The summed E-state index contributed by atoms with van der Waals surface area (Å²) in [5.74, 6) is 0. The summed E-state index contributed by atoms with van der Waals surface area (Å²) in [5, 5.41) is 10.3. The summed E-state index contributed by atoms with van der Waals surface area (Å²) in [6, 6.07) is 8.61. The predicted molar refractivity (Wildman–Crippen MR) is 84.3 cm³/mol. The Kier molecular flexibility index (Phi) is 3.97. The van der Waals surface area contributed by atoms with Crippen LogP contribution in [0.5, 0.6) is 0 Å². The molecule has 2 heterocycles. The van der Waals surface area contributed by atoms with E-state index in [0.717, 1.165) is 37.2 Å². The largest absolute Gasteiger partial charge is 0.388 e. The number of anilines is 1. The molecule has 0 fully saturated rings. The molecule has 112 valence electrons. The summed E-state index contributed by atoms with van der Waals surface area (Å²) in [4.78, 5) is 6.65. The second-order valence-electron chi connectivity index (χ2n) is 6.02. The van der Waals surface area contributed by atoms with Crippen LogP contribution in [-0.4, -0.2) is 21.2 Å². The second-order valence-corrected chi connectivity index (χ2v) is 6.02. The number of hydrogen-bond donors (Lipinski definition) is 1. The van der Waals surface area contributed by atoms with Crippen molar-refractivity contribution in [2.45, 2.75) is 45.4 Å². The van der Waals surface area contributed by atoms with Gasteiger partial charge in [-0.05, 0) is 32.8 Å². The van der Waals surface area contributed by atoms with Gasteiger partial charge in [-0.1, -0.05) is 18.2 Å². The Hall–Kier alpha value is -1.81. The Morgan fingerprint density at radius 1 is 1.33 bits per heavy atom. The van der Waals surface area contributed by atoms with Crippen molar-refractivity contribution in [1.82, 2.24) is 9.55 Å². The molecular formula is C17H23N3O. The topological polar surface area (TPSA) is 41.3 Å². The molecule has 0 bridgehead atoms. The fourth-order valence-electron chi connectivity index (χ4n) is 3.09. The van der Waals surface area contributed by atoms with E-state index in [2.05, 4.69) is 34.4 Å². The average molecular weight is 285 g/mol. The Morgan fingerprint density at radius 3 is 2.95 bits per heavy atom. The van der Waals surface area contributed by atoms with Crippen molar-refractivity contribution in [3.05, 3.63) is 48.0 Å². The van der Waals surface area contributed by atoms with Gasteiger partial charge in [-0.15, -0.1) is 0 Å². The van der Waals surface area contributed by atoms with Crippen LogP contribution in [0.3, 0.4) is 0 Å². The minimum absolute atomic E-state index is 0.346. The molecule has 1 atom stereocenters. The number of fused-ring (bicyclic) bond motifs is 1. The van der Waals surface area contributed by atoms with Gasteiger partial charge in [0.1, 0.15) is 0 Å². The lowest BCUT2D eigenvalue weighted by Gasteiger charge is -2.26. The van der Waals surface area contributed by atoms with Gasteiger partial charge < -0.3 is 14.6 Å². The molecule has 0 spiro atoms. The SMILES string of the molecule is CC(C)n1cncc1CN1CCCC(O)c2ccccc21. The van der Waals surface area contributed by atoms with E-state index in [9.17, 15) is 5.11 Å². The normalized spacial score (nSPS) is 18.7. The maximum Gasteiger partial charge on any atom is 0.0951 e. The molecule has 1 aliphatic heterocycles. The first kappa shape index (κ1) is 14.1. The minimum Gasteiger partial charge on any atom is -0.388 e. The van der Waals surface area contributed by atoms with E-state index < -0.39 is 0 Å². The van der Waals surface area contributed by atoms with Crippen molar-refractivity contribution in [3.63, 3.8) is 0 Å². The molecule has 0 saturated heterocycles. The van der Waals surface area contributed by atoms with Crippen molar-refractivity contribution in [2.75, 3.05) is 11.4 Å². The fraction of sp³-hybridized carbons (Fsp3) is 0.471. The van der Waals surface area contributed by atoms with E-state index in [0.29, 0.717) is 6.04 Å². The first-order valence-electron chi connectivity index (χ1n) is 7.69. The summed E-state index contributed by atoms with van der Waals surface area (Å²) < 4.78 is 2.21. The maximum absolute atomic E-state index is 10.3. The number of imidazole rings is 1. The summed E-state index contributed by atoms with van der Waals surface area (Å²) in [7, 11) is 0. The fourth-order valence-corrected chi connectivity index (χ4v) is 3.09. The molecule has 3 rings (SSSR count). The maximum atomic E-state index is 10.3. The van der Waals surface area contributed by atoms with E-state index in [1.807, 2.05) is 30.7 Å². The van der Waals surface area contributed by atoms with Crippen LogP contribution in [0.25, 0.3) is 0 Å². The Morgan fingerprint density at radius 2 is 2.14 bits per heavy atom. The summed E-state index contributed by atoms with van der Waals surface area (Å²) in [5.41, 5.74) is 3.42. The number of aromatic nitrogens is 2. The van der Waals surface area contributed by atoms with E-state index in [1.165, 1.54) is 5.69 Å². The van der Waals surface area contributed by atoms with Crippen LogP contribution in [0.15, 0.2) is 36.8 Å². The minimum atomic E-state index is -0.346. The van der Waals surface area contributed by atoms with Crippen molar-refractivity contribution in [3.8, 4) is 0 Å². The van der Waals surface area contributed by atoms with Crippen molar-refractivity contribution in [1.29, 1.82) is 0 Å². The highest BCUT2D eigenvalue weighted by Crippen LogP contribution is 2.33. The molecule has 1 aromatic heterocycles. The lowest BCUT2D eigenvalue weighted by atomic mass is 10.0. The lowest BCUT2D eigenvalue weighted by Crippen LogP contribution is -2.25. The van der Waals surface area contributed by atoms with Gasteiger partial charge in [0.05, 0.1) is 24.7 Å². The third-order valence-electron chi connectivity index (χ3n) is 4.20. The standard InChI is InChI=1S/C17H23N3O/c1-13(2)20-12-18-10-14(20)11-19-9-5-8-17(21)15-6-3-4-7-16(15)19/h3-4,6-7,10,12-13,17,21H,5,8-9,11H2,1-2H3. The first-order chi connectivity index (χ1) is 10.2. The molecule has 1 aliphatic rings. The molecule has 21 heavy (non-hydrogen) atoms. The van der Waals surface area contributed by atoms with Gasteiger partial charge >= 0.3 is 0 Å². The van der Waals surface area contributed by atoms with Crippen LogP contribution in [0.4, 0.5) is 5.69 Å². The van der Waals surface area contributed by atoms with Crippen molar-refractivity contribution >= 4 is 5.69 Å². The van der Waals surface area contributed by atoms with Crippen LogP contribution in [-0.2, 0) is 6.54 Å². The van der Waals surface area contributed by atoms with E-state index in [-0.39, 0.29) is 6.10 Å². The van der Waals surface area contributed by atoms with E-state index in [1.54, 1.807) is 0 Å². The number of hydrogen-bond acceptors (Lipinski definition) is 3. The Bertz CT molecular complexity index is 606. The van der Waals surface area contributed by atoms with Crippen LogP contribution in [0, 0.1) is 0 Å². The number of aliphatic hydroxyl groups excluding tert-OH is 1. The van der Waals surface area contributed by atoms with Crippen LogP contribution in [0.1, 0.15) is 50.1 Å². The molecule has 1 N–H and O–H groups in total. The zero-order chi connectivity index (χ0) is 14.8. The van der Waals surface area contributed by atoms with Crippen LogP contribution < -0.4 is 4.90 Å².